The van der Waals surface area contributed by atoms with Crippen LogP contribution in [0.4, 0.5) is 8.78 Å². The molecule has 14 heavy (non-hydrogen) atoms. The second kappa shape index (κ2) is 4.37. The van der Waals surface area contributed by atoms with E-state index < -0.39 is 19.0 Å². The molecule has 1 aromatic heterocycles. The number of aliphatic hydroxyl groups is 1. The lowest BCUT2D eigenvalue weighted by molar-refractivity contribution is 0.0167. The maximum Gasteiger partial charge on any atom is 0.271 e. The minimum Gasteiger partial charge on any atom is -0.465 e. The summed E-state index contributed by atoms with van der Waals surface area (Å²) in [6, 6.07) is 3.22. The van der Waals surface area contributed by atoms with Gasteiger partial charge in [-0.3, -0.25) is 0 Å². The molecule has 4 heteroatoms. The molecule has 0 saturated carbocycles. The van der Waals surface area contributed by atoms with Crippen LogP contribution in [0.2, 0.25) is 0 Å². The van der Waals surface area contributed by atoms with Gasteiger partial charge in [0, 0.05) is 13.0 Å². The Hall–Kier alpha value is -1.16. The van der Waals surface area contributed by atoms with E-state index in [4.69, 9.17) is 9.52 Å². The Balaban J connectivity index is 2.78. The van der Waals surface area contributed by atoms with Crippen LogP contribution in [0, 0.1) is 0 Å². The number of hydrogen-bond acceptors (Lipinski definition) is 2. The summed E-state index contributed by atoms with van der Waals surface area (Å²) in [5.74, 6) is -2.58. The molecule has 1 aromatic rings. The fourth-order valence-electron chi connectivity index (χ4n) is 1.03. The first-order valence-electron chi connectivity index (χ1n) is 4.27. The number of alkyl halides is 2. The average Bonchev–Trinajstić information content (AvgIpc) is 2.56. The van der Waals surface area contributed by atoms with Crippen LogP contribution in [0.25, 0.3) is 6.08 Å². The summed E-state index contributed by atoms with van der Waals surface area (Å²) < 4.78 is 31.2. The smallest absolute Gasteiger partial charge is 0.271 e. The van der Waals surface area contributed by atoms with Gasteiger partial charge in [-0.25, -0.2) is 8.78 Å². The number of rotatable bonds is 4. The van der Waals surface area contributed by atoms with Crippen LogP contribution in [0.5, 0.6) is 0 Å². The van der Waals surface area contributed by atoms with E-state index >= 15 is 0 Å². The van der Waals surface area contributed by atoms with Crippen molar-refractivity contribution in [3.05, 3.63) is 29.7 Å². The van der Waals surface area contributed by atoms with Gasteiger partial charge in [0.15, 0.2) is 0 Å². The summed E-state index contributed by atoms with van der Waals surface area (Å²) in [5, 5.41) is 8.45. The third-order valence-corrected chi connectivity index (χ3v) is 1.90. The quantitative estimate of drug-likeness (QED) is 0.814. The number of furan rings is 1. The molecule has 0 spiro atoms. The monoisotopic (exact) mass is 202 g/mol. The predicted octanol–water partition coefficient (Wildman–Crippen LogP) is 2.70. The summed E-state index contributed by atoms with van der Waals surface area (Å²) >= 11 is 0. The Morgan fingerprint density at radius 1 is 1.64 bits per heavy atom. The molecule has 0 amide bonds. The molecule has 0 saturated heterocycles. The van der Waals surface area contributed by atoms with E-state index in [2.05, 4.69) is 0 Å². The fraction of sp³-hybridized carbons (Fsp3) is 0.400. The van der Waals surface area contributed by atoms with Crippen molar-refractivity contribution < 1.29 is 18.3 Å². The second-order valence-corrected chi connectivity index (χ2v) is 3.02. The van der Waals surface area contributed by atoms with Gasteiger partial charge in [-0.15, -0.1) is 0 Å². The first-order chi connectivity index (χ1) is 6.56. The van der Waals surface area contributed by atoms with Crippen molar-refractivity contribution in [1.29, 1.82) is 0 Å². The zero-order valence-corrected chi connectivity index (χ0v) is 7.84. The molecule has 0 aliphatic rings. The Labute approximate surface area is 80.9 Å². The summed E-state index contributed by atoms with van der Waals surface area (Å²) in [7, 11) is 0. The molecule has 0 bridgehead atoms. The minimum absolute atomic E-state index is 0.110. The highest BCUT2D eigenvalue weighted by atomic mass is 19.3. The van der Waals surface area contributed by atoms with Gasteiger partial charge in [0.2, 0.25) is 0 Å². The van der Waals surface area contributed by atoms with Crippen LogP contribution in [-0.2, 0) is 0 Å². The lowest BCUT2D eigenvalue weighted by Crippen LogP contribution is -2.19. The van der Waals surface area contributed by atoms with E-state index in [9.17, 15) is 8.78 Å². The van der Waals surface area contributed by atoms with Crippen LogP contribution in [0.1, 0.15) is 19.1 Å². The maximum absolute atomic E-state index is 13.1. The van der Waals surface area contributed by atoms with Gasteiger partial charge >= 0.3 is 0 Å². The van der Waals surface area contributed by atoms with Crippen LogP contribution in [0.3, 0.4) is 0 Å². The van der Waals surface area contributed by atoms with Crippen molar-refractivity contribution >= 4 is 6.08 Å². The molecule has 1 N–H and O–H groups in total. The molecule has 2 nitrogen and oxygen atoms in total. The van der Waals surface area contributed by atoms with Crippen LogP contribution < -0.4 is 0 Å². The Kier molecular flexibility index (Phi) is 3.41. The van der Waals surface area contributed by atoms with E-state index in [1.54, 1.807) is 12.1 Å². The van der Waals surface area contributed by atoms with Gasteiger partial charge in [0.25, 0.3) is 5.92 Å². The van der Waals surface area contributed by atoms with Crippen molar-refractivity contribution in [2.24, 2.45) is 0 Å². The number of hydrogen-bond donors (Lipinski definition) is 1. The highest BCUT2D eigenvalue weighted by molar-refractivity contribution is 5.48. The van der Waals surface area contributed by atoms with Gasteiger partial charge in [0.1, 0.15) is 5.76 Å². The van der Waals surface area contributed by atoms with E-state index in [1.807, 2.05) is 0 Å². The lowest BCUT2D eigenvalue weighted by atomic mass is 10.1. The summed E-state index contributed by atoms with van der Waals surface area (Å²) in [4.78, 5) is 0. The molecule has 0 aromatic carbocycles. The lowest BCUT2D eigenvalue weighted by Gasteiger charge is -2.15. The largest absolute Gasteiger partial charge is 0.465 e. The van der Waals surface area contributed by atoms with Crippen molar-refractivity contribution in [2.75, 3.05) is 6.61 Å². The Morgan fingerprint density at radius 2 is 2.36 bits per heavy atom. The molecular weight excluding hydrogens is 190 g/mol. The minimum atomic E-state index is -2.97. The molecule has 78 valence electrons. The normalized spacial score (nSPS) is 13.3. The van der Waals surface area contributed by atoms with Crippen molar-refractivity contribution in [1.82, 2.24) is 0 Å². The van der Waals surface area contributed by atoms with E-state index in [-0.39, 0.29) is 5.57 Å². The van der Waals surface area contributed by atoms with E-state index in [1.165, 1.54) is 19.3 Å². The second-order valence-electron chi connectivity index (χ2n) is 3.02. The number of halogens is 2. The zero-order valence-electron chi connectivity index (χ0n) is 7.84. The molecule has 1 rings (SSSR count). The maximum atomic E-state index is 13.1. The first kappa shape index (κ1) is 10.9. The van der Waals surface area contributed by atoms with Gasteiger partial charge in [-0.1, -0.05) is 0 Å². The van der Waals surface area contributed by atoms with Crippen molar-refractivity contribution in [2.45, 2.75) is 19.3 Å². The topological polar surface area (TPSA) is 33.4 Å². The standard InChI is InChI=1S/C10H12F2O2/c1-8(10(11,12)4-5-13)7-9-3-2-6-14-9/h2-3,6-7,13H,4-5H2,1H3/b8-7+. The highest BCUT2D eigenvalue weighted by Gasteiger charge is 2.30. The molecular formula is C10H12F2O2. The summed E-state index contributed by atoms with van der Waals surface area (Å²) in [5.41, 5.74) is -0.110. The Bertz CT molecular complexity index is 302. The van der Waals surface area contributed by atoms with Gasteiger partial charge < -0.3 is 9.52 Å². The summed E-state index contributed by atoms with van der Waals surface area (Å²) in [6.45, 7) is 0.786. The third-order valence-electron chi connectivity index (χ3n) is 1.90. The molecule has 1 heterocycles. The van der Waals surface area contributed by atoms with Crippen LogP contribution >= 0.6 is 0 Å². The molecule has 0 atom stereocenters. The average molecular weight is 202 g/mol. The summed E-state index contributed by atoms with van der Waals surface area (Å²) in [6.07, 6.45) is 2.13. The number of allylic oxidation sites excluding steroid dienone is 1. The first-order valence-corrected chi connectivity index (χ1v) is 4.27. The molecule has 0 aliphatic carbocycles. The zero-order chi connectivity index (χ0) is 10.6. The van der Waals surface area contributed by atoms with Crippen LogP contribution in [-0.4, -0.2) is 17.6 Å². The third kappa shape index (κ3) is 2.67. The SMILES string of the molecule is C/C(=C\c1ccco1)C(F)(F)CCO. The van der Waals surface area contributed by atoms with Gasteiger partial charge in [0.05, 0.1) is 6.26 Å². The molecule has 0 radical (unpaired) electrons. The van der Waals surface area contributed by atoms with Crippen LogP contribution in [0.15, 0.2) is 28.4 Å². The van der Waals surface area contributed by atoms with Crippen molar-refractivity contribution in [3.63, 3.8) is 0 Å². The highest BCUT2D eigenvalue weighted by Crippen LogP contribution is 2.28. The molecule has 0 fully saturated rings. The molecule has 0 unspecified atom stereocenters. The van der Waals surface area contributed by atoms with Gasteiger partial charge in [-0.05, 0) is 30.7 Å². The molecule has 0 aliphatic heterocycles. The van der Waals surface area contributed by atoms with E-state index in [0.29, 0.717) is 5.76 Å². The van der Waals surface area contributed by atoms with Gasteiger partial charge in [-0.2, -0.15) is 0 Å². The number of aliphatic hydroxyl groups excluding tert-OH is 1. The Morgan fingerprint density at radius 3 is 2.86 bits per heavy atom. The predicted molar refractivity (Wildman–Crippen MR) is 49.0 cm³/mol. The van der Waals surface area contributed by atoms with Crippen molar-refractivity contribution in [3.8, 4) is 0 Å². The van der Waals surface area contributed by atoms with E-state index in [0.717, 1.165) is 0 Å². The fourth-order valence-corrected chi connectivity index (χ4v) is 1.03.